The van der Waals surface area contributed by atoms with Crippen molar-refractivity contribution < 1.29 is 9.92 Å². The second kappa shape index (κ2) is 5.02. The van der Waals surface area contributed by atoms with Gasteiger partial charge in [-0.05, 0) is 13.3 Å². The van der Waals surface area contributed by atoms with Crippen LogP contribution in [0.25, 0.3) is 0 Å². The standard InChI is InChI=1S/C6H12NO3/c1-3-4-5-6(2)10-7(8)9/h6H,1,3-5H2,2H3/t6-/m1/s1. The summed E-state index contributed by atoms with van der Waals surface area (Å²) in [6.07, 6.45) is 2.07. The lowest BCUT2D eigenvalue weighted by molar-refractivity contribution is -0.767. The molecule has 0 aliphatic carbocycles. The number of hydrogen-bond donors (Lipinski definition) is 0. The minimum absolute atomic E-state index is 0.295. The van der Waals surface area contributed by atoms with E-state index in [1.165, 1.54) is 0 Å². The largest absolute Gasteiger partial charge is 0.311 e. The summed E-state index contributed by atoms with van der Waals surface area (Å²) in [4.78, 5) is 14.0. The van der Waals surface area contributed by atoms with Crippen LogP contribution < -0.4 is 0 Å². The molecular weight excluding hydrogens is 134 g/mol. The van der Waals surface area contributed by atoms with Crippen LogP contribution in [0.15, 0.2) is 0 Å². The molecule has 0 rings (SSSR count). The molecule has 59 valence electrons. The first-order valence-electron chi connectivity index (χ1n) is 3.27. The molecular formula is C6H12NO3. The van der Waals surface area contributed by atoms with Gasteiger partial charge >= 0.3 is 0 Å². The Labute approximate surface area is 60.3 Å². The molecule has 4 nitrogen and oxygen atoms in total. The summed E-state index contributed by atoms with van der Waals surface area (Å²) in [5, 5.41) is 8.98. The zero-order chi connectivity index (χ0) is 7.98. The van der Waals surface area contributed by atoms with E-state index in [4.69, 9.17) is 0 Å². The normalized spacial score (nSPS) is 12.6. The highest BCUT2D eigenvalue weighted by Crippen LogP contribution is 2.02. The van der Waals surface area contributed by atoms with Gasteiger partial charge in [0, 0.05) is 0 Å². The molecule has 0 fully saturated rings. The first-order chi connectivity index (χ1) is 4.66. The summed E-state index contributed by atoms with van der Waals surface area (Å²) < 4.78 is 0. The quantitative estimate of drug-likeness (QED) is 0.437. The van der Waals surface area contributed by atoms with E-state index in [-0.39, 0.29) is 6.10 Å². The molecule has 1 radical (unpaired) electrons. The third-order valence-corrected chi connectivity index (χ3v) is 1.13. The molecule has 0 amide bonds. The van der Waals surface area contributed by atoms with Crippen molar-refractivity contribution in [2.24, 2.45) is 0 Å². The van der Waals surface area contributed by atoms with Gasteiger partial charge in [-0.2, -0.15) is 0 Å². The maximum atomic E-state index is 9.74. The molecule has 0 aromatic heterocycles. The van der Waals surface area contributed by atoms with E-state index >= 15 is 0 Å². The Morgan fingerprint density at radius 2 is 2.40 bits per heavy atom. The van der Waals surface area contributed by atoms with Crippen molar-refractivity contribution in [2.45, 2.75) is 32.3 Å². The number of unbranched alkanes of at least 4 members (excludes halogenated alkanes) is 1. The molecule has 0 heterocycles. The first-order valence-corrected chi connectivity index (χ1v) is 3.27. The molecule has 0 aromatic rings. The molecule has 0 aliphatic heterocycles. The summed E-state index contributed by atoms with van der Waals surface area (Å²) in [5.41, 5.74) is 0. The maximum absolute atomic E-state index is 9.74. The van der Waals surface area contributed by atoms with Gasteiger partial charge in [0.25, 0.3) is 5.09 Å². The van der Waals surface area contributed by atoms with Crippen LogP contribution in [0.4, 0.5) is 0 Å². The molecule has 4 heteroatoms. The van der Waals surface area contributed by atoms with E-state index in [9.17, 15) is 10.1 Å². The van der Waals surface area contributed by atoms with Crippen molar-refractivity contribution in [2.75, 3.05) is 0 Å². The van der Waals surface area contributed by atoms with Crippen molar-refractivity contribution >= 4 is 0 Å². The van der Waals surface area contributed by atoms with E-state index in [0.717, 1.165) is 12.8 Å². The summed E-state index contributed by atoms with van der Waals surface area (Å²) in [6, 6.07) is 0. The lowest BCUT2D eigenvalue weighted by Gasteiger charge is -2.06. The monoisotopic (exact) mass is 146 g/mol. The van der Waals surface area contributed by atoms with Gasteiger partial charge in [0.1, 0.15) is 6.10 Å². The van der Waals surface area contributed by atoms with Crippen LogP contribution in [0.1, 0.15) is 26.2 Å². The summed E-state index contributed by atoms with van der Waals surface area (Å²) in [5.74, 6) is 0. The Balaban J connectivity index is 3.25. The zero-order valence-electron chi connectivity index (χ0n) is 6.08. The SMILES string of the molecule is [CH2]CCC[C@@H](C)O[N+](=O)[O-]. The molecule has 0 saturated heterocycles. The fourth-order valence-corrected chi connectivity index (χ4v) is 0.631. The average Bonchev–Trinajstić information content (AvgIpc) is 1.82. The van der Waals surface area contributed by atoms with Gasteiger partial charge in [0.2, 0.25) is 0 Å². The molecule has 0 unspecified atom stereocenters. The summed E-state index contributed by atoms with van der Waals surface area (Å²) in [6.45, 7) is 5.29. The Morgan fingerprint density at radius 3 is 2.80 bits per heavy atom. The highest BCUT2D eigenvalue weighted by atomic mass is 17.0. The van der Waals surface area contributed by atoms with Crippen LogP contribution in [-0.2, 0) is 4.84 Å². The van der Waals surface area contributed by atoms with Gasteiger partial charge in [-0.1, -0.05) is 19.8 Å². The van der Waals surface area contributed by atoms with Gasteiger partial charge in [-0.25, -0.2) is 0 Å². The smallest absolute Gasteiger partial charge is 0.294 e. The minimum atomic E-state index is -0.756. The highest BCUT2D eigenvalue weighted by Gasteiger charge is 2.04. The molecule has 0 bridgehead atoms. The van der Waals surface area contributed by atoms with Crippen LogP contribution >= 0.6 is 0 Å². The van der Waals surface area contributed by atoms with E-state index in [0.29, 0.717) is 6.42 Å². The fraction of sp³-hybridized carbons (Fsp3) is 0.833. The summed E-state index contributed by atoms with van der Waals surface area (Å²) in [7, 11) is 0. The number of nitrogens with zero attached hydrogens (tertiary/aromatic N) is 1. The predicted octanol–water partition coefficient (Wildman–Crippen LogP) is 1.59. The van der Waals surface area contributed by atoms with Crippen LogP contribution in [0, 0.1) is 17.0 Å². The lowest BCUT2D eigenvalue weighted by Crippen LogP contribution is -2.12. The van der Waals surface area contributed by atoms with Crippen LogP contribution in [0.2, 0.25) is 0 Å². The fourth-order valence-electron chi connectivity index (χ4n) is 0.631. The Hall–Kier alpha value is -0.800. The minimum Gasteiger partial charge on any atom is -0.311 e. The van der Waals surface area contributed by atoms with Crippen LogP contribution in [0.3, 0.4) is 0 Å². The van der Waals surface area contributed by atoms with Gasteiger partial charge in [0.05, 0.1) is 0 Å². The van der Waals surface area contributed by atoms with Crippen LogP contribution in [0.5, 0.6) is 0 Å². The molecule has 1 atom stereocenters. The topological polar surface area (TPSA) is 52.4 Å². The Morgan fingerprint density at radius 1 is 1.80 bits per heavy atom. The molecule has 0 aromatic carbocycles. The second-order valence-corrected chi connectivity index (χ2v) is 2.14. The van der Waals surface area contributed by atoms with Crippen molar-refractivity contribution in [1.29, 1.82) is 0 Å². The number of rotatable bonds is 5. The van der Waals surface area contributed by atoms with Gasteiger partial charge in [-0.3, -0.25) is 0 Å². The van der Waals surface area contributed by atoms with Crippen molar-refractivity contribution in [3.63, 3.8) is 0 Å². The third-order valence-electron chi connectivity index (χ3n) is 1.13. The van der Waals surface area contributed by atoms with Crippen molar-refractivity contribution in [3.05, 3.63) is 17.0 Å². The van der Waals surface area contributed by atoms with Gasteiger partial charge < -0.3 is 4.84 Å². The van der Waals surface area contributed by atoms with Crippen molar-refractivity contribution in [1.82, 2.24) is 0 Å². The van der Waals surface area contributed by atoms with E-state index in [1.54, 1.807) is 6.92 Å². The highest BCUT2D eigenvalue weighted by molar-refractivity contribution is 4.49. The molecule has 0 N–H and O–H groups in total. The van der Waals surface area contributed by atoms with Crippen molar-refractivity contribution in [3.8, 4) is 0 Å². The first kappa shape index (κ1) is 9.20. The maximum Gasteiger partial charge on any atom is 0.294 e. The lowest BCUT2D eigenvalue weighted by atomic mass is 10.2. The Kier molecular flexibility index (Phi) is 4.62. The zero-order valence-corrected chi connectivity index (χ0v) is 6.08. The molecule has 10 heavy (non-hydrogen) atoms. The molecule has 0 aliphatic rings. The predicted molar refractivity (Wildman–Crippen MR) is 36.7 cm³/mol. The molecule has 0 saturated carbocycles. The van der Waals surface area contributed by atoms with Gasteiger partial charge in [-0.15, -0.1) is 10.1 Å². The number of hydrogen-bond acceptors (Lipinski definition) is 3. The molecule has 0 spiro atoms. The van der Waals surface area contributed by atoms with Crippen LogP contribution in [-0.4, -0.2) is 11.2 Å². The van der Waals surface area contributed by atoms with E-state index in [1.807, 2.05) is 0 Å². The van der Waals surface area contributed by atoms with E-state index in [2.05, 4.69) is 11.8 Å². The average molecular weight is 146 g/mol. The Bertz CT molecular complexity index is 105. The summed E-state index contributed by atoms with van der Waals surface area (Å²) >= 11 is 0. The van der Waals surface area contributed by atoms with Gasteiger partial charge in [0.15, 0.2) is 0 Å². The third kappa shape index (κ3) is 5.34. The van der Waals surface area contributed by atoms with E-state index < -0.39 is 5.09 Å². The second-order valence-electron chi connectivity index (χ2n) is 2.14.